The Kier molecular flexibility index (Phi) is 4.35. The van der Waals surface area contributed by atoms with Crippen molar-refractivity contribution in [2.24, 2.45) is 5.92 Å². The summed E-state index contributed by atoms with van der Waals surface area (Å²) < 4.78 is 0. The van der Waals surface area contributed by atoms with Crippen LogP contribution in [-0.2, 0) is 11.2 Å². The fourth-order valence-electron chi connectivity index (χ4n) is 3.91. The second kappa shape index (κ2) is 6.78. The van der Waals surface area contributed by atoms with Gasteiger partial charge in [0.05, 0.1) is 0 Å². The Labute approximate surface area is 143 Å². The van der Waals surface area contributed by atoms with Crippen molar-refractivity contribution in [1.82, 2.24) is 5.32 Å². The molecule has 0 aliphatic carbocycles. The molecule has 24 heavy (non-hydrogen) atoms. The van der Waals surface area contributed by atoms with Crippen LogP contribution in [0.25, 0.3) is 11.1 Å². The third-order valence-corrected chi connectivity index (χ3v) is 5.31. The van der Waals surface area contributed by atoms with Crippen molar-refractivity contribution in [3.8, 4) is 11.1 Å². The summed E-state index contributed by atoms with van der Waals surface area (Å²) in [5.74, 6) is 0.847. The van der Waals surface area contributed by atoms with E-state index in [2.05, 4.69) is 47.8 Å². The number of carbonyl (C=O) groups excluding carboxylic acids is 1. The third-order valence-electron chi connectivity index (χ3n) is 5.31. The van der Waals surface area contributed by atoms with Gasteiger partial charge in [0.25, 0.3) is 0 Å². The first-order valence-corrected chi connectivity index (χ1v) is 9.01. The maximum atomic E-state index is 12.7. The molecule has 2 aromatic carbocycles. The molecular formula is C21H24N2O. The highest BCUT2D eigenvalue weighted by Gasteiger charge is 2.27. The van der Waals surface area contributed by atoms with Gasteiger partial charge in [-0.15, -0.1) is 0 Å². The number of amides is 1. The quantitative estimate of drug-likeness (QED) is 0.936. The van der Waals surface area contributed by atoms with Crippen LogP contribution < -0.4 is 10.2 Å². The predicted molar refractivity (Wildman–Crippen MR) is 98.1 cm³/mol. The third kappa shape index (κ3) is 3.09. The zero-order chi connectivity index (χ0) is 16.4. The fraction of sp³-hybridized carbons (Fsp3) is 0.381. The molecule has 2 heterocycles. The van der Waals surface area contributed by atoms with Gasteiger partial charge in [-0.3, -0.25) is 4.79 Å². The second-order valence-electron chi connectivity index (χ2n) is 6.90. The molecule has 0 bridgehead atoms. The maximum absolute atomic E-state index is 12.7. The number of rotatable bonds is 3. The first kappa shape index (κ1) is 15.4. The second-order valence-corrected chi connectivity index (χ2v) is 6.90. The normalized spacial score (nSPS) is 17.8. The highest BCUT2D eigenvalue weighted by Crippen LogP contribution is 2.33. The molecule has 0 aromatic heterocycles. The standard InChI is InChI=1S/C21H24N2O/c24-21(14-16-8-11-22-12-9-16)23-13-10-19-15-18(6-7-20(19)23)17-4-2-1-3-5-17/h1-7,15-16,22H,8-14H2. The first-order valence-electron chi connectivity index (χ1n) is 9.01. The van der Waals surface area contributed by atoms with Crippen molar-refractivity contribution in [2.45, 2.75) is 25.7 Å². The van der Waals surface area contributed by atoms with Crippen molar-refractivity contribution >= 4 is 11.6 Å². The van der Waals surface area contributed by atoms with Gasteiger partial charge in [-0.25, -0.2) is 0 Å². The Bertz CT molecular complexity index is 720. The molecule has 2 aromatic rings. The Morgan fingerprint density at radius 3 is 2.62 bits per heavy atom. The van der Waals surface area contributed by atoms with Crippen molar-refractivity contribution in [2.75, 3.05) is 24.5 Å². The van der Waals surface area contributed by atoms with Crippen LogP contribution in [-0.4, -0.2) is 25.5 Å². The number of hydrogen-bond donors (Lipinski definition) is 1. The van der Waals surface area contributed by atoms with Crippen molar-refractivity contribution in [3.05, 3.63) is 54.1 Å². The molecular weight excluding hydrogens is 296 g/mol. The molecule has 2 aliphatic rings. The molecule has 3 nitrogen and oxygen atoms in total. The van der Waals surface area contributed by atoms with E-state index in [0.717, 1.165) is 44.6 Å². The molecule has 0 radical (unpaired) electrons. The molecule has 1 N–H and O–H groups in total. The van der Waals surface area contributed by atoms with Crippen molar-refractivity contribution in [3.63, 3.8) is 0 Å². The van der Waals surface area contributed by atoms with Crippen LogP contribution in [0.2, 0.25) is 0 Å². The predicted octanol–water partition coefficient (Wildman–Crippen LogP) is 3.63. The van der Waals surface area contributed by atoms with Gasteiger partial charge in [0.15, 0.2) is 0 Å². The molecule has 0 spiro atoms. The Morgan fingerprint density at radius 1 is 1.04 bits per heavy atom. The average Bonchev–Trinajstić information content (AvgIpc) is 3.06. The summed E-state index contributed by atoms with van der Waals surface area (Å²) in [7, 11) is 0. The smallest absolute Gasteiger partial charge is 0.227 e. The summed E-state index contributed by atoms with van der Waals surface area (Å²) >= 11 is 0. The zero-order valence-electron chi connectivity index (χ0n) is 14.0. The highest BCUT2D eigenvalue weighted by molar-refractivity contribution is 5.96. The van der Waals surface area contributed by atoms with Gasteiger partial charge in [0, 0.05) is 18.7 Å². The molecule has 1 saturated heterocycles. The van der Waals surface area contributed by atoms with E-state index in [4.69, 9.17) is 0 Å². The van der Waals surface area contributed by atoms with Gasteiger partial charge in [0.2, 0.25) is 5.91 Å². The number of anilines is 1. The number of nitrogens with zero attached hydrogens (tertiary/aromatic N) is 1. The van der Waals surface area contributed by atoms with Crippen LogP contribution in [0.3, 0.4) is 0 Å². The minimum atomic E-state index is 0.299. The SMILES string of the molecule is O=C(CC1CCNCC1)N1CCc2cc(-c3ccccc3)ccc21. The lowest BCUT2D eigenvalue weighted by Gasteiger charge is -2.25. The van der Waals surface area contributed by atoms with Crippen LogP contribution in [0.15, 0.2) is 48.5 Å². The number of piperidine rings is 1. The lowest BCUT2D eigenvalue weighted by atomic mass is 9.94. The van der Waals surface area contributed by atoms with E-state index >= 15 is 0 Å². The summed E-state index contributed by atoms with van der Waals surface area (Å²) in [5, 5.41) is 3.37. The van der Waals surface area contributed by atoms with E-state index in [1.54, 1.807) is 0 Å². The number of fused-ring (bicyclic) bond motifs is 1. The number of nitrogens with one attached hydrogen (secondary N) is 1. The van der Waals surface area contributed by atoms with Crippen LogP contribution in [0.5, 0.6) is 0 Å². The molecule has 3 heteroatoms. The number of hydrogen-bond acceptors (Lipinski definition) is 2. The maximum Gasteiger partial charge on any atom is 0.227 e. The van der Waals surface area contributed by atoms with Crippen LogP contribution in [0.1, 0.15) is 24.8 Å². The van der Waals surface area contributed by atoms with Crippen LogP contribution >= 0.6 is 0 Å². The molecule has 0 unspecified atom stereocenters. The Hall–Kier alpha value is -2.13. The van der Waals surface area contributed by atoms with Crippen LogP contribution in [0.4, 0.5) is 5.69 Å². The van der Waals surface area contributed by atoms with E-state index in [0.29, 0.717) is 18.2 Å². The topological polar surface area (TPSA) is 32.3 Å². The summed E-state index contributed by atoms with van der Waals surface area (Å²) in [4.78, 5) is 14.7. The first-order chi connectivity index (χ1) is 11.8. The van der Waals surface area contributed by atoms with E-state index in [1.165, 1.54) is 16.7 Å². The van der Waals surface area contributed by atoms with Crippen LogP contribution in [0, 0.1) is 5.92 Å². The number of carbonyl (C=O) groups is 1. The van der Waals surface area contributed by atoms with Gasteiger partial charge in [0.1, 0.15) is 0 Å². The molecule has 1 amide bonds. The fourth-order valence-corrected chi connectivity index (χ4v) is 3.91. The van der Waals surface area contributed by atoms with Gasteiger partial charge in [-0.05, 0) is 67.1 Å². The minimum Gasteiger partial charge on any atom is -0.317 e. The Balaban J connectivity index is 1.50. The van der Waals surface area contributed by atoms with Gasteiger partial charge in [-0.2, -0.15) is 0 Å². The van der Waals surface area contributed by atoms with Crippen molar-refractivity contribution < 1.29 is 4.79 Å². The lowest BCUT2D eigenvalue weighted by molar-refractivity contribution is -0.119. The summed E-state index contributed by atoms with van der Waals surface area (Å²) in [6.45, 7) is 2.93. The lowest BCUT2D eigenvalue weighted by Crippen LogP contribution is -2.34. The summed E-state index contributed by atoms with van der Waals surface area (Å²) in [6.07, 6.45) is 3.91. The zero-order valence-corrected chi connectivity index (χ0v) is 14.0. The van der Waals surface area contributed by atoms with Gasteiger partial charge in [-0.1, -0.05) is 36.4 Å². The van der Waals surface area contributed by atoms with E-state index in [1.807, 2.05) is 11.0 Å². The van der Waals surface area contributed by atoms with E-state index in [-0.39, 0.29) is 0 Å². The summed E-state index contributed by atoms with van der Waals surface area (Å²) in [6, 6.07) is 17.0. The largest absolute Gasteiger partial charge is 0.317 e. The molecule has 124 valence electrons. The van der Waals surface area contributed by atoms with Gasteiger partial charge < -0.3 is 10.2 Å². The van der Waals surface area contributed by atoms with E-state index in [9.17, 15) is 4.79 Å². The monoisotopic (exact) mass is 320 g/mol. The van der Waals surface area contributed by atoms with Gasteiger partial charge >= 0.3 is 0 Å². The molecule has 0 saturated carbocycles. The molecule has 0 atom stereocenters. The molecule has 1 fully saturated rings. The van der Waals surface area contributed by atoms with Crippen molar-refractivity contribution in [1.29, 1.82) is 0 Å². The highest BCUT2D eigenvalue weighted by atomic mass is 16.2. The number of benzene rings is 2. The average molecular weight is 320 g/mol. The molecule has 2 aliphatic heterocycles. The van der Waals surface area contributed by atoms with E-state index < -0.39 is 0 Å². The Morgan fingerprint density at radius 2 is 1.83 bits per heavy atom. The molecule has 4 rings (SSSR count). The minimum absolute atomic E-state index is 0.299. The summed E-state index contributed by atoms with van der Waals surface area (Å²) in [5.41, 5.74) is 4.89.